The molecule has 0 spiro atoms. The third-order valence-corrected chi connectivity index (χ3v) is 4.61. The van der Waals surface area contributed by atoms with Crippen molar-refractivity contribution in [3.63, 3.8) is 0 Å². The van der Waals surface area contributed by atoms with Crippen molar-refractivity contribution in [3.8, 4) is 5.95 Å². The first-order valence-electron chi connectivity index (χ1n) is 9.29. The van der Waals surface area contributed by atoms with E-state index in [1.165, 1.54) is 10.7 Å². The van der Waals surface area contributed by atoms with Crippen LogP contribution in [0.15, 0.2) is 47.4 Å². The van der Waals surface area contributed by atoms with Crippen LogP contribution in [0.5, 0.6) is 0 Å². The van der Waals surface area contributed by atoms with Crippen LogP contribution in [0.2, 0.25) is 0 Å². The third kappa shape index (κ3) is 3.56. The average molecular weight is 390 g/mol. The molecule has 0 saturated heterocycles. The Balaban J connectivity index is 1.79. The maximum Gasteiger partial charge on any atom is 0.258 e. The Labute approximate surface area is 167 Å². The molecule has 3 heterocycles. The van der Waals surface area contributed by atoms with Crippen LogP contribution in [0.3, 0.4) is 0 Å². The maximum atomic E-state index is 13.0. The van der Waals surface area contributed by atoms with E-state index in [1.54, 1.807) is 19.2 Å². The van der Waals surface area contributed by atoms with Crippen molar-refractivity contribution >= 4 is 22.6 Å². The number of rotatable bonds is 3. The molecule has 0 bridgehead atoms. The Morgan fingerprint density at radius 3 is 2.66 bits per heavy atom. The second-order valence-electron chi connectivity index (χ2n) is 7.99. The minimum atomic E-state index is -0.283. The lowest BCUT2D eigenvalue weighted by atomic mass is 9.92. The zero-order valence-corrected chi connectivity index (χ0v) is 16.7. The molecule has 1 aromatic carbocycles. The van der Waals surface area contributed by atoms with Gasteiger partial charge in [0, 0.05) is 40.3 Å². The Kier molecular flexibility index (Phi) is 4.34. The van der Waals surface area contributed by atoms with Crippen molar-refractivity contribution < 1.29 is 4.79 Å². The van der Waals surface area contributed by atoms with Gasteiger partial charge in [0.25, 0.3) is 11.5 Å². The van der Waals surface area contributed by atoms with Gasteiger partial charge in [0.05, 0.1) is 11.3 Å². The fraction of sp³-hybridized carbons (Fsp3) is 0.238. The van der Waals surface area contributed by atoms with Gasteiger partial charge in [-0.1, -0.05) is 39.0 Å². The molecule has 4 aromatic rings. The number of fused-ring (bicyclic) bond motifs is 1. The van der Waals surface area contributed by atoms with Crippen LogP contribution in [0.4, 0.5) is 5.82 Å². The number of hydrogen-bond donors (Lipinski definition) is 3. The Morgan fingerprint density at radius 1 is 1.17 bits per heavy atom. The fourth-order valence-electron chi connectivity index (χ4n) is 3.10. The van der Waals surface area contributed by atoms with Crippen molar-refractivity contribution in [1.82, 2.24) is 24.7 Å². The molecule has 0 saturated carbocycles. The second kappa shape index (κ2) is 6.73. The van der Waals surface area contributed by atoms with E-state index in [9.17, 15) is 9.59 Å². The summed E-state index contributed by atoms with van der Waals surface area (Å²) in [6, 6.07) is 10.8. The summed E-state index contributed by atoms with van der Waals surface area (Å²) in [5.41, 5.74) is 2.19. The van der Waals surface area contributed by atoms with Gasteiger partial charge < -0.3 is 10.3 Å². The van der Waals surface area contributed by atoms with E-state index >= 15 is 0 Å². The highest BCUT2D eigenvalue weighted by Gasteiger charge is 2.23. The zero-order valence-electron chi connectivity index (χ0n) is 16.7. The Bertz CT molecular complexity index is 1270. The van der Waals surface area contributed by atoms with Crippen molar-refractivity contribution in [3.05, 3.63) is 69.9 Å². The molecular formula is C21H22N6O2. The highest BCUT2D eigenvalue weighted by molar-refractivity contribution is 6.12. The second-order valence-corrected chi connectivity index (χ2v) is 7.99. The Hall–Kier alpha value is -3.68. The van der Waals surface area contributed by atoms with Gasteiger partial charge in [-0.25, -0.2) is 4.98 Å². The minimum Gasteiger partial charge on any atom is -0.360 e. The van der Waals surface area contributed by atoms with Crippen molar-refractivity contribution in [1.29, 1.82) is 0 Å². The molecule has 8 heteroatoms. The molecule has 3 N–H and O–H groups in total. The minimum absolute atomic E-state index is 0.250. The molecule has 0 atom stereocenters. The predicted octanol–water partition coefficient (Wildman–Crippen LogP) is 3.30. The summed E-state index contributed by atoms with van der Waals surface area (Å²) in [7, 11) is 0. The molecule has 148 valence electrons. The number of amides is 1. The van der Waals surface area contributed by atoms with E-state index in [0.717, 1.165) is 16.6 Å². The first-order valence-corrected chi connectivity index (χ1v) is 9.29. The molecular weight excluding hydrogens is 368 g/mol. The normalized spacial score (nSPS) is 11.7. The lowest BCUT2D eigenvalue weighted by molar-refractivity contribution is 0.102. The van der Waals surface area contributed by atoms with E-state index in [2.05, 4.69) is 25.4 Å². The fourth-order valence-corrected chi connectivity index (χ4v) is 3.10. The molecule has 8 nitrogen and oxygen atoms in total. The molecule has 0 aliphatic carbocycles. The van der Waals surface area contributed by atoms with Crippen LogP contribution in [0, 0.1) is 6.92 Å². The van der Waals surface area contributed by atoms with Gasteiger partial charge in [-0.05, 0) is 13.0 Å². The molecule has 0 aliphatic rings. The molecule has 1 amide bonds. The number of carbonyl (C=O) groups excluding carboxylic acids is 1. The quantitative estimate of drug-likeness (QED) is 0.499. The number of aromatic nitrogens is 5. The number of H-pyrrole nitrogens is 2. The van der Waals surface area contributed by atoms with E-state index in [1.807, 2.05) is 45.0 Å². The van der Waals surface area contributed by atoms with Gasteiger partial charge in [0.2, 0.25) is 5.95 Å². The number of aryl methyl sites for hydroxylation is 1. The standard InChI is InChI=1S/C21H22N6O2/c1-12-9-18(28)25-20(23-12)27-17(10-16(26-27)21(2,3)4)24-19(29)14-11-22-15-8-6-5-7-13(14)15/h5-11,22H,1-4H3,(H,24,29)(H,23,25,28). The first kappa shape index (κ1) is 18.7. The van der Waals surface area contributed by atoms with E-state index in [-0.39, 0.29) is 22.8 Å². The summed E-state index contributed by atoms with van der Waals surface area (Å²) < 4.78 is 1.46. The van der Waals surface area contributed by atoms with E-state index < -0.39 is 0 Å². The predicted molar refractivity (Wildman–Crippen MR) is 112 cm³/mol. The smallest absolute Gasteiger partial charge is 0.258 e. The summed E-state index contributed by atoms with van der Waals surface area (Å²) in [6.45, 7) is 7.81. The number of benzene rings is 1. The number of aromatic amines is 2. The molecule has 0 fully saturated rings. The molecule has 0 aliphatic heterocycles. The lowest BCUT2D eigenvalue weighted by Gasteiger charge is -2.13. The van der Waals surface area contributed by atoms with Gasteiger partial charge in [-0.3, -0.25) is 14.6 Å². The van der Waals surface area contributed by atoms with E-state index in [4.69, 9.17) is 0 Å². The van der Waals surface area contributed by atoms with Crippen molar-refractivity contribution in [2.45, 2.75) is 33.1 Å². The zero-order chi connectivity index (χ0) is 20.8. The van der Waals surface area contributed by atoms with Gasteiger partial charge in [-0.15, -0.1) is 0 Å². The first-order chi connectivity index (χ1) is 13.7. The van der Waals surface area contributed by atoms with Crippen LogP contribution in [-0.2, 0) is 5.41 Å². The number of nitrogens with zero attached hydrogens (tertiary/aromatic N) is 3. The summed E-state index contributed by atoms with van der Waals surface area (Å²) in [4.78, 5) is 35.1. The molecule has 29 heavy (non-hydrogen) atoms. The van der Waals surface area contributed by atoms with Crippen molar-refractivity contribution in [2.24, 2.45) is 0 Å². The molecule has 4 rings (SSSR count). The van der Waals surface area contributed by atoms with Crippen LogP contribution in [0.1, 0.15) is 42.5 Å². The maximum absolute atomic E-state index is 13.0. The van der Waals surface area contributed by atoms with Crippen LogP contribution >= 0.6 is 0 Å². The monoisotopic (exact) mass is 390 g/mol. The number of para-hydroxylation sites is 1. The van der Waals surface area contributed by atoms with Gasteiger partial charge in [0.15, 0.2) is 0 Å². The topological polar surface area (TPSA) is 108 Å². The SMILES string of the molecule is Cc1cc(=O)[nH]c(-n2nc(C(C)(C)C)cc2NC(=O)c2c[nH]c3ccccc23)n1. The summed E-state index contributed by atoms with van der Waals surface area (Å²) in [5.74, 6) is 0.401. The highest BCUT2D eigenvalue weighted by atomic mass is 16.2. The average Bonchev–Trinajstić information content (AvgIpc) is 3.24. The number of nitrogens with one attached hydrogen (secondary N) is 3. The van der Waals surface area contributed by atoms with Crippen molar-refractivity contribution in [2.75, 3.05) is 5.32 Å². The van der Waals surface area contributed by atoms with Gasteiger partial charge >= 0.3 is 0 Å². The summed E-state index contributed by atoms with van der Waals surface area (Å²) in [6.07, 6.45) is 1.68. The lowest BCUT2D eigenvalue weighted by Crippen LogP contribution is -2.19. The molecule has 0 unspecified atom stereocenters. The van der Waals surface area contributed by atoms with Crippen LogP contribution < -0.4 is 10.9 Å². The largest absolute Gasteiger partial charge is 0.360 e. The van der Waals surface area contributed by atoms with Crippen LogP contribution in [0.25, 0.3) is 16.9 Å². The van der Waals surface area contributed by atoms with E-state index in [0.29, 0.717) is 17.1 Å². The molecule has 3 aromatic heterocycles. The van der Waals surface area contributed by atoms with Gasteiger partial charge in [0.1, 0.15) is 5.82 Å². The Morgan fingerprint density at radius 2 is 1.93 bits per heavy atom. The highest BCUT2D eigenvalue weighted by Crippen LogP contribution is 2.26. The number of hydrogen-bond acceptors (Lipinski definition) is 4. The summed E-state index contributed by atoms with van der Waals surface area (Å²) >= 11 is 0. The van der Waals surface area contributed by atoms with Crippen LogP contribution in [-0.4, -0.2) is 30.6 Å². The number of carbonyl (C=O) groups is 1. The molecule has 0 radical (unpaired) electrons. The van der Waals surface area contributed by atoms with Gasteiger partial charge in [-0.2, -0.15) is 9.78 Å². The summed E-state index contributed by atoms with van der Waals surface area (Å²) in [5, 5.41) is 8.33. The number of anilines is 1. The third-order valence-electron chi connectivity index (χ3n) is 4.61.